The molecular formula is C12H20O4. The van der Waals surface area contributed by atoms with Gasteiger partial charge in [0.2, 0.25) is 0 Å². The topological polar surface area (TPSA) is 63.6 Å². The number of esters is 1. The first-order valence-electron chi connectivity index (χ1n) is 5.40. The van der Waals surface area contributed by atoms with Crippen LogP contribution in [0.25, 0.3) is 0 Å². The Kier molecular flexibility index (Phi) is 6.46. The van der Waals surface area contributed by atoms with Crippen LogP contribution in [0.3, 0.4) is 0 Å². The number of hydrogen-bond acceptors (Lipinski definition) is 3. The molecule has 0 unspecified atom stereocenters. The third-order valence-electron chi connectivity index (χ3n) is 1.79. The summed E-state index contributed by atoms with van der Waals surface area (Å²) < 4.78 is 4.86. The zero-order chi connectivity index (χ0) is 12.6. The summed E-state index contributed by atoms with van der Waals surface area (Å²) in [5.74, 6) is -1.15. The highest BCUT2D eigenvalue weighted by molar-refractivity contribution is 5.70. The summed E-state index contributed by atoms with van der Waals surface area (Å²) in [7, 11) is 0. The van der Waals surface area contributed by atoms with E-state index in [2.05, 4.69) is 0 Å². The van der Waals surface area contributed by atoms with E-state index in [-0.39, 0.29) is 24.2 Å². The van der Waals surface area contributed by atoms with Gasteiger partial charge in [0.15, 0.2) is 0 Å². The molecule has 0 saturated carbocycles. The maximum atomic E-state index is 11.2. The number of hydrogen-bond donors (Lipinski definition) is 1. The van der Waals surface area contributed by atoms with Gasteiger partial charge in [-0.25, -0.2) is 0 Å². The number of unbranched alkanes of at least 4 members (excludes halogenated alkanes) is 1. The fourth-order valence-corrected chi connectivity index (χ4v) is 0.919. The van der Waals surface area contributed by atoms with Gasteiger partial charge in [0.1, 0.15) is 0 Å². The van der Waals surface area contributed by atoms with E-state index in [9.17, 15) is 9.59 Å². The summed E-state index contributed by atoms with van der Waals surface area (Å²) in [5, 5.41) is 8.38. The summed E-state index contributed by atoms with van der Waals surface area (Å²) in [6, 6.07) is 0. The van der Waals surface area contributed by atoms with Gasteiger partial charge in [0.25, 0.3) is 0 Å². The van der Waals surface area contributed by atoms with E-state index in [1.54, 1.807) is 0 Å². The summed E-state index contributed by atoms with van der Waals surface area (Å²) in [6.07, 6.45) is 4.64. The normalized spacial score (nSPS) is 11.7. The molecule has 0 atom stereocenters. The summed E-state index contributed by atoms with van der Waals surface area (Å²) in [4.78, 5) is 21.4. The molecule has 0 spiro atoms. The molecule has 0 heterocycles. The van der Waals surface area contributed by atoms with E-state index in [4.69, 9.17) is 9.84 Å². The van der Waals surface area contributed by atoms with Crippen LogP contribution >= 0.6 is 0 Å². The Morgan fingerprint density at radius 2 is 1.75 bits per heavy atom. The molecule has 0 bridgehead atoms. The Bertz CT molecular complexity index is 261. The minimum Gasteiger partial charge on any atom is -0.481 e. The lowest BCUT2D eigenvalue weighted by Crippen LogP contribution is -2.03. The van der Waals surface area contributed by atoms with Crippen molar-refractivity contribution in [2.45, 2.75) is 46.5 Å². The number of allylic oxidation sites excluding steroid dienone is 1. The van der Waals surface area contributed by atoms with Crippen molar-refractivity contribution >= 4 is 11.9 Å². The minimum atomic E-state index is -0.832. The van der Waals surface area contributed by atoms with E-state index in [1.165, 1.54) is 6.26 Å². The summed E-state index contributed by atoms with van der Waals surface area (Å²) in [6.45, 7) is 6.01. The van der Waals surface area contributed by atoms with Crippen molar-refractivity contribution in [3.8, 4) is 0 Å². The molecule has 0 radical (unpaired) electrons. The lowest BCUT2D eigenvalue weighted by molar-refractivity contribution is -0.139. The number of carbonyl (C=O) groups is 2. The number of carboxylic acids is 1. The van der Waals surface area contributed by atoms with Crippen molar-refractivity contribution in [3.63, 3.8) is 0 Å². The fourth-order valence-electron chi connectivity index (χ4n) is 0.919. The first-order valence-corrected chi connectivity index (χ1v) is 5.40. The zero-order valence-electron chi connectivity index (χ0n) is 10.2. The number of carbonyl (C=O) groups excluding carboxylic acids is 1. The van der Waals surface area contributed by atoms with Gasteiger partial charge in [-0.1, -0.05) is 20.8 Å². The second-order valence-corrected chi connectivity index (χ2v) is 4.76. The van der Waals surface area contributed by atoms with Gasteiger partial charge in [0.05, 0.1) is 6.26 Å². The van der Waals surface area contributed by atoms with Crippen molar-refractivity contribution in [2.24, 2.45) is 5.41 Å². The molecule has 0 saturated heterocycles. The number of aliphatic carboxylic acids is 1. The number of ether oxygens (including phenoxy) is 1. The summed E-state index contributed by atoms with van der Waals surface area (Å²) >= 11 is 0. The van der Waals surface area contributed by atoms with Crippen molar-refractivity contribution < 1.29 is 19.4 Å². The molecule has 1 N–H and O–H groups in total. The number of carboxylic acid groups (broad SMARTS) is 1. The standard InChI is InChI=1S/C12H20O4/c1-12(2,3)8-9-16-11(15)7-5-4-6-10(13)14/h8-9H,4-7H2,1-3H3,(H,13,14). The molecule has 0 rings (SSSR count). The minimum absolute atomic E-state index is 0.0103. The lowest BCUT2D eigenvalue weighted by atomic mass is 9.97. The van der Waals surface area contributed by atoms with Crippen LogP contribution in [0.4, 0.5) is 0 Å². The smallest absolute Gasteiger partial charge is 0.310 e. The maximum absolute atomic E-state index is 11.2. The van der Waals surface area contributed by atoms with Crippen LogP contribution in [-0.2, 0) is 14.3 Å². The monoisotopic (exact) mass is 228 g/mol. The quantitative estimate of drug-likeness (QED) is 0.431. The van der Waals surface area contributed by atoms with Gasteiger partial charge in [-0.15, -0.1) is 0 Å². The molecule has 0 aromatic heterocycles. The average Bonchev–Trinajstić information content (AvgIpc) is 2.10. The predicted octanol–water partition coefficient (Wildman–Crippen LogP) is 2.73. The molecule has 0 fully saturated rings. The van der Waals surface area contributed by atoms with Crippen LogP contribution in [0, 0.1) is 5.41 Å². The van der Waals surface area contributed by atoms with Crippen LogP contribution in [0.1, 0.15) is 46.5 Å². The van der Waals surface area contributed by atoms with Crippen molar-refractivity contribution in [1.82, 2.24) is 0 Å². The third kappa shape index (κ3) is 10.8. The van der Waals surface area contributed by atoms with Gasteiger partial charge < -0.3 is 9.84 Å². The Morgan fingerprint density at radius 1 is 1.19 bits per heavy atom. The van der Waals surface area contributed by atoms with E-state index >= 15 is 0 Å². The molecule has 16 heavy (non-hydrogen) atoms. The van der Waals surface area contributed by atoms with Crippen molar-refractivity contribution in [2.75, 3.05) is 0 Å². The van der Waals surface area contributed by atoms with Gasteiger partial charge in [-0.2, -0.15) is 0 Å². The molecule has 92 valence electrons. The van der Waals surface area contributed by atoms with Crippen LogP contribution in [0.15, 0.2) is 12.3 Å². The molecule has 0 aliphatic carbocycles. The predicted molar refractivity (Wildman–Crippen MR) is 60.8 cm³/mol. The van der Waals surface area contributed by atoms with Gasteiger partial charge >= 0.3 is 11.9 Å². The third-order valence-corrected chi connectivity index (χ3v) is 1.79. The maximum Gasteiger partial charge on any atom is 0.310 e. The highest BCUT2D eigenvalue weighted by atomic mass is 16.5. The van der Waals surface area contributed by atoms with Crippen LogP contribution in [0.2, 0.25) is 0 Å². The first kappa shape index (κ1) is 14.7. The second kappa shape index (κ2) is 7.04. The Labute approximate surface area is 96.3 Å². The molecule has 0 aromatic rings. The van der Waals surface area contributed by atoms with Crippen LogP contribution in [0.5, 0.6) is 0 Å². The zero-order valence-corrected chi connectivity index (χ0v) is 10.2. The van der Waals surface area contributed by atoms with Crippen LogP contribution < -0.4 is 0 Å². The Morgan fingerprint density at radius 3 is 2.25 bits per heavy atom. The molecule has 4 heteroatoms. The van der Waals surface area contributed by atoms with Gasteiger partial charge in [0, 0.05) is 12.8 Å². The van der Waals surface area contributed by atoms with Gasteiger partial charge in [-0.3, -0.25) is 9.59 Å². The Balaban J connectivity index is 3.60. The molecule has 0 aromatic carbocycles. The van der Waals surface area contributed by atoms with Crippen molar-refractivity contribution in [3.05, 3.63) is 12.3 Å². The highest BCUT2D eigenvalue weighted by Gasteiger charge is 2.06. The Hall–Kier alpha value is -1.32. The summed E-state index contributed by atoms with van der Waals surface area (Å²) in [5.41, 5.74) is -0.0103. The molecule has 0 aliphatic rings. The van der Waals surface area contributed by atoms with E-state index in [0.717, 1.165) is 0 Å². The van der Waals surface area contributed by atoms with E-state index in [1.807, 2.05) is 26.8 Å². The van der Waals surface area contributed by atoms with E-state index in [0.29, 0.717) is 12.8 Å². The largest absolute Gasteiger partial charge is 0.481 e. The molecular weight excluding hydrogens is 208 g/mol. The molecule has 0 amide bonds. The van der Waals surface area contributed by atoms with Crippen LogP contribution in [-0.4, -0.2) is 17.0 Å². The SMILES string of the molecule is CC(C)(C)C=COC(=O)CCCCC(=O)O. The lowest BCUT2D eigenvalue weighted by Gasteiger charge is -2.10. The average molecular weight is 228 g/mol. The fraction of sp³-hybridized carbons (Fsp3) is 0.667. The molecule has 0 aliphatic heterocycles. The van der Waals surface area contributed by atoms with Crippen molar-refractivity contribution in [1.29, 1.82) is 0 Å². The van der Waals surface area contributed by atoms with Gasteiger partial charge in [-0.05, 0) is 24.3 Å². The van der Waals surface area contributed by atoms with E-state index < -0.39 is 5.97 Å². The highest BCUT2D eigenvalue weighted by Crippen LogP contribution is 2.14. The first-order chi connectivity index (χ1) is 7.31. The number of rotatable bonds is 6. The second-order valence-electron chi connectivity index (χ2n) is 4.76. The molecule has 4 nitrogen and oxygen atoms in total.